The summed E-state index contributed by atoms with van der Waals surface area (Å²) in [4.78, 5) is 15.5. The van der Waals surface area contributed by atoms with E-state index in [1.165, 1.54) is 18.3 Å². The number of benzene rings is 1. The van der Waals surface area contributed by atoms with E-state index in [0.717, 1.165) is 24.2 Å². The zero-order valence-electron chi connectivity index (χ0n) is 10.9. The summed E-state index contributed by atoms with van der Waals surface area (Å²) in [6.07, 6.45) is 3.34. The number of nitrogens with zero attached hydrogens (tertiary/aromatic N) is 2. The molecular weight excluding hydrogens is 310 g/mol. The van der Waals surface area contributed by atoms with Crippen molar-refractivity contribution in [2.45, 2.75) is 17.7 Å². The molecule has 1 aromatic heterocycles. The topological polar surface area (TPSA) is 90.2 Å². The lowest BCUT2D eigenvalue weighted by Gasteiger charge is -2.12. The highest BCUT2D eigenvalue weighted by Gasteiger charge is 2.29. The van der Waals surface area contributed by atoms with Crippen molar-refractivity contribution >= 4 is 38.1 Å². The second kappa shape index (κ2) is 5.45. The van der Waals surface area contributed by atoms with Crippen LogP contribution in [0.3, 0.4) is 0 Å². The molecule has 1 heterocycles. The molecule has 1 amide bonds. The summed E-state index contributed by atoms with van der Waals surface area (Å²) in [5, 5.41) is 4.61. The zero-order valence-corrected chi connectivity index (χ0v) is 12.5. The molecule has 0 atom stereocenters. The first-order chi connectivity index (χ1) is 10.0. The van der Waals surface area contributed by atoms with Crippen LogP contribution in [0.25, 0.3) is 4.72 Å². The van der Waals surface area contributed by atoms with Gasteiger partial charge >= 0.3 is 0 Å². The number of anilines is 1. The summed E-state index contributed by atoms with van der Waals surface area (Å²) < 4.78 is 27.8. The molecule has 0 radical (unpaired) electrons. The zero-order chi connectivity index (χ0) is 14.9. The Kier molecular flexibility index (Phi) is 3.64. The summed E-state index contributed by atoms with van der Waals surface area (Å²) in [6.45, 7) is 0. The molecule has 110 valence electrons. The quantitative estimate of drug-likeness (QED) is 0.916. The molecule has 1 saturated carbocycles. The first-order valence-electron chi connectivity index (χ1n) is 6.33. The average Bonchev–Trinajstić information content (AvgIpc) is 3.19. The summed E-state index contributed by atoms with van der Waals surface area (Å²) in [7, 11) is -3.77. The van der Waals surface area contributed by atoms with Crippen LogP contribution in [-0.2, 0) is 14.8 Å². The number of amides is 1. The van der Waals surface area contributed by atoms with Crippen molar-refractivity contribution in [3.8, 4) is 0 Å². The minimum Gasteiger partial charge on any atom is -0.433 e. The predicted octanol–water partition coefficient (Wildman–Crippen LogP) is 2.89. The summed E-state index contributed by atoms with van der Waals surface area (Å²) in [6, 6.07) is 5.97. The molecule has 2 aromatic rings. The number of rotatable bonds is 5. The van der Waals surface area contributed by atoms with Crippen molar-refractivity contribution < 1.29 is 13.2 Å². The normalized spacial score (nSPS) is 14.7. The SMILES string of the molecule is O=C(Nc1ccc(S(=O)(=O)[N-]c2nccs2)cc1)C1CC1. The lowest BCUT2D eigenvalue weighted by atomic mass is 10.3. The molecule has 6 nitrogen and oxygen atoms in total. The Morgan fingerprint density at radius 2 is 2.00 bits per heavy atom. The highest BCUT2D eigenvalue weighted by molar-refractivity contribution is 7.94. The number of hydrogen-bond acceptors (Lipinski definition) is 5. The van der Waals surface area contributed by atoms with Crippen LogP contribution in [0.15, 0.2) is 40.7 Å². The second-order valence-electron chi connectivity index (χ2n) is 4.67. The predicted molar refractivity (Wildman–Crippen MR) is 80.1 cm³/mol. The van der Waals surface area contributed by atoms with Gasteiger partial charge in [0, 0.05) is 16.7 Å². The van der Waals surface area contributed by atoms with Gasteiger partial charge in [0.15, 0.2) is 0 Å². The standard InChI is InChI=1S/C13H13N3O3S2/c17-12(9-1-2-9)15-10-3-5-11(6-4-10)21(18,19)16-13-14-7-8-20-13/h3-9H,1-2H2,(H2,14,15,16,17)/p-1. The molecule has 0 aliphatic heterocycles. The summed E-state index contributed by atoms with van der Waals surface area (Å²) in [5.41, 5.74) is 0.583. The largest absolute Gasteiger partial charge is 0.433 e. The smallest absolute Gasteiger partial charge is 0.227 e. The van der Waals surface area contributed by atoms with E-state index in [4.69, 9.17) is 0 Å². The van der Waals surface area contributed by atoms with E-state index in [-0.39, 0.29) is 21.9 Å². The number of hydrogen-bond donors (Lipinski definition) is 1. The maximum absolute atomic E-state index is 12.1. The van der Waals surface area contributed by atoms with E-state index in [9.17, 15) is 13.2 Å². The summed E-state index contributed by atoms with van der Waals surface area (Å²) in [5.74, 6) is 0.0893. The van der Waals surface area contributed by atoms with Gasteiger partial charge in [0.05, 0.1) is 4.90 Å². The average molecular weight is 322 g/mol. The van der Waals surface area contributed by atoms with Crippen LogP contribution in [-0.4, -0.2) is 19.3 Å². The highest BCUT2D eigenvalue weighted by Crippen LogP contribution is 2.31. The van der Waals surface area contributed by atoms with E-state index in [2.05, 4.69) is 15.0 Å². The Labute approximate surface area is 126 Å². The molecule has 0 spiro atoms. The molecule has 1 aliphatic rings. The van der Waals surface area contributed by atoms with Gasteiger partial charge in [-0.3, -0.25) is 4.79 Å². The van der Waals surface area contributed by atoms with Gasteiger partial charge in [-0.25, -0.2) is 8.42 Å². The van der Waals surface area contributed by atoms with Gasteiger partial charge in [-0.1, -0.05) is 6.20 Å². The lowest BCUT2D eigenvalue weighted by molar-refractivity contribution is -0.117. The maximum Gasteiger partial charge on any atom is 0.227 e. The van der Waals surface area contributed by atoms with E-state index >= 15 is 0 Å². The van der Waals surface area contributed by atoms with Crippen molar-refractivity contribution in [1.82, 2.24) is 4.98 Å². The lowest BCUT2D eigenvalue weighted by Crippen LogP contribution is -2.13. The molecule has 3 rings (SSSR count). The molecule has 0 unspecified atom stereocenters. The van der Waals surface area contributed by atoms with Crippen molar-refractivity contribution in [2.75, 3.05) is 5.32 Å². The van der Waals surface area contributed by atoms with Crippen LogP contribution in [0.5, 0.6) is 0 Å². The van der Waals surface area contributed by atoms with Crippen molar-refractivity contribution in [1.29, 1.82) is 0 Å². The first kappa shape index (κ1) is 14.0. The van der Waals surface area contributed by atoms with Gasteiger partial charge in [-0.05, 0) is 42.5 Å². The highest BCUT2D eigenvalue weighted by atomic mass is 32.2. The third-order valence-electron chi connectivity index (χ3n) is 2.99. The van der Waals surface area contributed by atoms with Crippen LogP contribution in [0.4, 0.5) is 10.8 Å². The molecule has 1 aromatic carbocycles. The van der Waals surface area contributed by atoms with Crippen LogP contribution in [0.2, 0.25) is 0 Å². The molecule has 1 N–H and O–H groups in total. The molecular formula is C13H12N3O3S2-. The Bertz CT molecular complexity index is 735. The number of carbonyl (C=O) groups excluding carboxylic acids is 1. The minimum absolute atomic E-state index is 0.0157. The van der Waals surface area contributed by atoms with E-state index < -0.39 is 10.0 Å². The van der Waals surface area contributed by atoms with Gasteiger partial charge in [0.2, 0.25) is 15.9 Å². The maximum atomic E-state index is 12.1. The number of sulfonamides is 1. The molecule has 0 bridgehead atoms. The van der Waals surface area contributed by atoms with Crippen molar-refractivity contribution in [3.63, 3.8) is 0 Å². The third-order valence-corrected chi connectivity index (χ3v) is 5.05. The summed E-state index contributed by atoms with van der Waals surface area (Å²) >= 11 is 1.15. The minimum atomic E-state index is -3.77. The van der Waals surface area contributed by atoms with E-state index in [1.54, 1.807) is 17.5 Å². The molecule has 8 heteroatoms. The Hall–Kier alpha value is -1.93. The van der Waals surface area contributed by atoms with E-state index in [1.807, 2.05) is 0 Å². The molecule has 0 saturated heterocycles. The van der Waals surface area contributed by atoms with Gasteiger partial charge in [-0.15, -0.1) is 0 Å². The second-order valence-corrected chi connectivity index (χ2v) is 7.15. The fraction of sp³-hybridized carbons (Fsp3) is 0.231. The third kappa shape index (κ3) is 3.40. The Morgan fingerprint density at radius 1 is 1.29 bits per heavy atom. The van der Waals surface area contributed by atoms with Gasteiger partial charge < -0.3 is 15.0 Å². The fourth-order valence-electron chi connectivity index (χ4n) is 1.72. The number of aromatic nitrogens is 1. The van der Waals surface area contributed by atoms with Gasteiger partial charge in [-0.2, -0.15) is 11.3 Å². The van der Waals surface area contributed by atoms with E-state index in [0.29, 0.717) is 5.69 Å². The van der Waals surface area contributed by atoms with Crippen LogP contribution < -0.4 is 5.32 Å². The first-order valence-corrected chi connectivity index (χ1v) is 8.65. The molecule has 1 fully saturated rings. The van der Waals surface area contributed by atoms with Gasteiger partial charge in [0.1, 0.15) is 0 Å². The number of thiazole rings is 1. The monoisotopic (exact) mass is 322 g/mol. The molecule has 1 aliphatic carbocycles. The Balaban J connectivity index is 1.72. The van der Waals surface area contributed by atoms with Gasteiger partial charge in [0.25, 0.3) is 0 Å². The Morgan fingerprint density at radius 3 is 2.57 bits per heavy atom. The van der Waals surface area contributed by atoms with Crippen LogP contribution >= 0.6 is 11.3 Å². The fourth-order valence-corrected chi connectivity index (χ4v) is 3.39. The number of carbonyl (C=O) groups is 1. The van der Waals surface area contributed by atoms with Crippen LogP contribution in [0.1, 0.15) is 12.8 Å². The number of nitrogens with one attached hydrogen (secondary N) is 1. The van der Waals surface area contributed by atoms with Crippen molar-refractivity contribution in [3.05, 3.63) is 40.6 Å². The molecule has 21 heavy (non-hydrogen) atoms. The van der Waals surface area contributed by atoms with Crippen LogP contribution in [0, 0.1) is 5.92 Å². The van der Waals surface area contributed by atoms with Crippen molar-refractivity contribution in [2.24, 2.45) is 5.92 Å².